The topological polar surface area (TPSA) is 38.3 Å². The molecule has 0 bridgehead atoms. The molecule has 3 fully saturated rings. The van der Waals surface area contributed by atoms with Gasteiger partial charge in [-0.3, -0.25) is 4.79 Å². The number of ketones is 1. The third-order valence-corrected chi connectivity index (χ3v) is 6.33. The lowest BCUT2D eigenvalue weighted by molar-refractivity contribution is -0.147. The zero-order valence-corrected chi connectivity index (χ0v) is 13.7. The predicted molar refractivity (Wildman–Crippen MR) is 84.3 cm³/mol. The molecular formula is C18H31NO2. The third-order valence-electron chi connectivity index (χ3n) is 6.33. The first-order valence-corrected chi connectivity index (χ1v) is 8.93. The van der Waals surface area contributed by atoms with E-state index in [1.165, 1.54) is 38.5 Å². The standard InChI is InChI=1S/C18H31NO2/c1-17(2,15-6-5-10-19-13-15)16(20)14-7-11-21-18(12-14)8-3-4-9-18/h14-15,19H,3-13H2,1-2H3. The molecule has 1 saturated carbocycles. The molecule has 3 heteroatoms. The Morgan fingerprint density at radius 3 is 2.62 bits per heavy atom. The number of Topliss-reactive ketones (excluding diaryl/α,β-unsaturated/α-hetero) is 1. The SMILES string of the molecule is CC(C)(C(=O)C1CCOC2(CCCC2)C1)C1CCCNC1. The van der Waals surface area contributed by atoms with Gasteiger partial charge in [-0.05, 0) is 57.5 Å². The lowest BCUT2D eigenvalue weighted by atomic mass is 9.66. The van der Waals surface area contributed by atoms with E-state index in [1.54, 1.807) is 0 Å². The zero-order valence-electron chi connectivity index (χ0n) is 13.7. The van der Waals surface area contributed by atoms with Crippen molar-refractivity contribution >= 4 is 5.78 Å². The van der Waals surface area contributed by atoms with Crippen molar-refractivity contribution in [3.05, 3.63) is 0 Å². The Morgan fingerprint density at radius 1 is 1.19 bits per heavy atom. The Morgan fingerprint density at radius 2 is 1.95 bits per heavy atom. The molecule has 120 valence electrons. The van der Waals surface area contributed by atoms with Gasteiger partial charge in [0.1, 0.15) is 5.78 Å². The van der Waals surface area contributed by atoms with Crippen LogP contribution in [-0.2, 0) is 9.53 Å². The number of piperidine rings is 1. The van der Waals surface area contributed by atoms with E-state index < -0.39 is 0 Å². The van der Waals surface area contributed by atoms with Crippen molar-refractivity contribution in [2.45, 2.75) is 70.8 Å². The molecule has 0 aromatic heterocycles. The molecule has 1 N–H and O–H groups in total. The summed E-state index contributed by atoms with van der Waals surface area (Å²) in [5.74, 6) is 1.24. The fourth-order valence-electron chi connectivity index (χ4n) is 4.81. The average molecular weight is 293 g/mol. The van der Waals surface area contributed by atoms with E-state index in [0.29, 0.717) is 11.7 Å². The average Bonchev–Trinajstić information content (AvgIpc) is 2.95. The van der Waals surface area contributed by atoms with E-state index in [9.17, 15) is 4.79 Å². The van der Waals surface area contributed by atoms with Gasteiger partial charge < -0.3 is 10.1 Å². The molecule has 21 heavy (non-hydrogen) atoms. The fourth-order valence-corrected chi connectivity index (χ4v) is 4.81. The number of carbonyl (C=O) groups is 1. The molecule has 2 saturated heterocycles. The van der Waals surface area contributed by atoms with Crippen LogP contribution in [0.2, 0.25) is 0 Å². The van der Waals surface area contributed by atoms with Crippen LogP contribution in [0.15, 0.2) is 0 Å². The van der Waals surface area contributed by atoms with E-state index in [4.69, 9.17) is 4.74 Å². The lowest BCUT2D eigenvalue weighted by Crippen LogP contribution is -2.48. The molecule has 1 spiro atoms. The quantitative estimate of drug-likeness (QED) is 0.867. The molecule has 3 aliphatic rings. The second-order valence-corrected chi connectivity index (χ2v) is 8.06. The van der Waals surface area contributed by atoms with Gasteiger partial charge in [0.2, 0.25) is 0 Å². The van der Waals surface area contributed by atoms with Crippen LogP contribution in [0.1, 0.15) is 65.2 Å². The predicted octanol–water partition coefficient (Wildman–Crippen LogP) is 3.32. The Labute approximate surface area is 129 Å². The largest absolute Gasteiger partial charge is 0.375 e. The molecular weight excluding hydrogens is 262 g/mol. The summed E-state index contributed by atoms with van der Waals surface area (Å²) in [5.41, 5.74) is -0.130. The molecule has 3 rings (SSSR count). The second-order valence-electron chi connectivity index (χ2n) is 8.06. The van der Waals surface area contributed by atoms with Gasteiger partial charge in [0.05, 0.1) is 5.60 Å². The van der Waals surface area contributed by atoms with Crippen molar-refractivity contribution in [1.82, 2.24) is 5.32 Å². The van der Waals surface area contributed by atoms with Gasteiger partial charge >= 0.3 is 0 Å². The van der Waals surface area contributed by atoms with E-state index >= 15 is 0 Å². The normalized spacial score (nSPS) is 33.2. The zero-order chi connectivity index (χ0) is 14.9. The number of rotatable bonds is 3. The van der Waals surface area contributed by atoms with Gasteiger partial charge in [-0.2, -0.15) is 0 Å². The van der Waals surface area contributed by atoms with E-state index in [1.807, 2.05) is 0 Å². The van der Waals surface area contributed by atoms with E-state index in [0.717, 1.165) is 32.5 Å². The molecule has 0 amide bonds. The highest BCUT2D eigenvalue weighted by molar-refractivity contribution is 5.87. The van der Waals surface area contributed by atoms with Crippen molar-refractivity contribution in [2.75, 3.05) is 19.7 Å². The van der Waals surface area contributed by atoms with Crippen LogP contribution in [0.3, 0.4) is 0 Å². The molecule has 2 aliphatic heterocycles. The first-order valence-electron chi connectivity index (χ1n) is 8.93. The van der Waals surface area contributed by atoms with Gasteiger partial charge in [-0.15, -0.1) is 0 Å². The third kappa shape index (κ3) is 3.05. The minimum absolute atomic E-state index is 0.0550. The van der Waals surface area contributed by atoms with Crippen LogP contribution in [0.25, 0.3) is 0 Å². The maximum Gasteiger partial charge on any atom is 0.142 e. The van der Waals surface area contributed by atoms with Crippen LogP contribution in [0.4, 0.5) is 0 Å². The van der Waals surface area contributed by atoms with E-state index in [2.05, 4.69) is 19.2 Å². The van der Waals surface area contributed by atoms with Crippen LogP contribution in [-0.4, -0.2) is 31.1 Å². The van der Waals surface area contributed by atoms with Gasteiger partial charge in [0.25, 0.3) is 0 Å². The molecule has 0 aromatic rings. The second kappa shape index (κ2) is 6.00. The Balaban J connectivity index is 1.68. The summed E-state index contributed by atoms with van der Waals surface area (Å²) < 4.78 is 6.10. The first-order chi connectivity index (χ1) is 10.0. The summed E-state index contributed by atoms with van der Waals surface area (Å²) in [6.45, 7) is 7.28. The van der Waals surface area contributed by atoms with Gasteiger partial charge in [-0.1, -0.05) is 26.7 Å². The van der Waals surface area contributed by atoms with E-state index in [-0.39, 0.29) is 16.9 Å². The summed E-state index contributed by atoms with van der Waals surface area (Å²) in [7, 11) is 0. The number of hydrogen-bond donors (Lipinski definition) is 1. The Kier molecular flexibility index (Phi) is 4.42. The molecule has 1 aliphatic carbocycles. The molecule has 2 heterocycles. The highest BCUT2D eigenvalue weighted by atomic mass is 16.5. The number of nitrogens with one attached hydrogen (secondary N) is 1. The van der Waals surface area contributed by atoms with Crippen LogP contribution < -0.4 is 5.32 Å². The van der Waals surface area contributed by atoms with Crippen molar-refractivity contribution in [3.8, 4) is 0 Å². The molecule has 0 aromatic carbocycles. The number of hydrogen-bond acceptors (Lipinski definition) is 3. The highest BCUT2D eigenvalue weighted by Crippen LogP contribution is 2.45. The fraction of sp³-hybridized carbons (Fsp3) is 0.944. The molecule has 2 unspecified atom stereocenters. The summed E-state index contributed by atoms with van der Waals surface area (Å²) in [6, 6.07) is 0. The van der Waals surface area contributed by atoms with Gasteiger partial charge in [0, 0.05) is 17.9 Å². The maximum absolute atomic E-state index is 13.2. The van der Waals surface area contributed by atoms with Crippen LogP contribution >= 0.6 is 0 Å². The maximum atomic E-state index is 13.2. The monoisotopic (exact) mass is 293 g/mol. The minimum atomic E-state index is -0.185. The van der Waals surface area contributed by atoms with Crippen molar-refractivity contribution in [3.63, 3.8) is 0 Å². The number of carbonyl (C=O) groups excluding carboxylic acids is 1. The first kappa shape index (κ1) is 15.5. The Bertz CT molecular complexity index is 379. The van der Waals surface area contributed by atoms with Crippen molar-refractivity contribution in [2.24, 2.45) is 17.3 Å². The minimum Gasteiger partial charge on any atom is -0.375 e. The van der Waals surface area contributed by atoms with Crippen LogP contribution in [0, 0.1) is 17.3 Å². The van der Waals surface area contributed by atoms with Gasteiger partial charge in [-0.25, -0.2) is 0 Å². The van der Waals surface area contributed by atoms with Crippen molar-refractivity contribution in [1.29, 1.82) is 0 Å². The summed E-state index contributed by atoms with van der Waals surface area (Å²) in [6.07, 6.45) is 9.21. The summed E-state index contributed by atoms with van der Waals surface area (Å²) >= 11 is 0. The van der Waals surface area contributed by atoms with Crippen molar-refractivity contribution < 1.29 is 9.53 Å². The molecule has 3 nitrogen and oxygen atoms in total. The molecule has 0 radical (unpaired) electrons. The summed E-state index contributed by atoms with van der Waals surface area (Å²) in [5, 5.41) is 3.47. The van der Waals surface area contributed by atoms with Crippen LogP contribution in [0.5, 0.6) is 0 Å². The Hall–Kier alpha value is -0.410. The highest BCUT2D eigenvalue weighted by Gasteiger charge is 2.46. The number of ether oxygens (including phenoxy) is 1. The lowest BCUT2D eigenvalue weighted by Gasteiger charge is -2.43. The smallest absolute Gasteiger partial charge is 0.142 e. The molecule has 2 atom stereocenters. The van der Waals surface area contributed by atoms with Gasteiger partial charge in [0.15, 0.2) is 0 Å². The summed E-state index contributed by atoms with van der Waals surface area (Å²) in [4.78, 5) is 13.2.